The zero-order chi connectivity index (χ0) is 74.9. The number of esters is 4. The summed E-state index contributed by atoms with van der Waals surface area (Å²) in [6.07, 6.45) is 65.4. The molecule has 102 heavy (non-hydrogen) atoms. The molecule has 0 aromatic carbocycles. The molecule has 0 aromatic rings. The summed E-state index contributed by atoms with van der Waals surface area (Å²) in [5.74, 6) is -0.471. The zero-order valence-corrected chi connectivity index (χ0v) is 68.7. The van der Waals surface area contributed by atoms with Crippen molar-refractivity contribution in [2.75, 3.05) is 39.6 Å². The summed E-state index contributed by atoms with van der Waals surface area (Å²) in [6, 6.07) is 0. The van der Waals surface area contributed by atoms with Crippen molar-refractivity contribution < 1.29 is 80.2 Å². The van der Waals surface area contributed by atoms with E-state index in [9.17, 15) is 43.2 Å². The summed E-state index contributed by atoms with van der Waals surface area (Å²) in [4.78, 5) is 72.9. The summed E-state index contributed by atoms with van der Waals surface area (Å²) < 4.78 is 68.7. The van der Waals surface area contributed by atoms with Crippen LogP contribution in [0.5, 0.6) is 0 Å². The molecule has 3 N–H and O–H groups in total. The fourth-order valence-electron chi connectivity index (χ4n) is 12.8. The highest BCUT2D eigenvalue weighted by Gasteiger charge is 2.30. The number of carbonyl (C=O) groups is 4. The fraction of sp³-hybridized carbons (Fsp3) is 0.952. The van der Waals surface area contributed by atoms with Crippen molar-refractivity contribution in [1.29, 1.82) is 0 Å². The summed E-state index contributed by atoms with van der Waals surface area (Å²) in [5, 5.41) is 10.6. The highest BCUT2D eigenvalue weighted by Crippen LogP contribution is 2.45. The van der Waals surface area contributed by atoms with Crippen LogP contribution < -0.4 is 0 Å². The number of carbonyl (C=O) groups excluding carboxylic acids is 4. The average molecular weight is 1490 g/mol. The van der Waals surface area contributed by atoms with Gasteiger partial charge in [0.05, 0.1) is 26.4 Å². The second kappa shape index (κ2) is 74.5. The van der Waals surface area contributed by atoms with Gasteiger partial charge in [-0.05, 0) is 37.5 Å². The molecule has 0 saturated carbocycles. The Labute approximate surface area is 626 Å². The largest absolute Gasteiger partial charge is 0.472 e. The van der Waals surface area contributed by atoms with Crippen LogP contribution in [0.2, 0.25) is 0 Å². The number of rotatable bonds is 82. The number of unbranched alkanes of at least 4 members (excludes halogenated alkanes) is 50. The standard InChI is InChI=1S/C83H162O17P2/c1-7-11-13-15-17-19-20-21-22-23-24-25-29-32-35-38-41-48-54-60-66-81(86)94-72-79(99-82(87)67-61-55-49-42-39-36-33-30-27-26-28-31-34-37-40-45-51-57-63-75(5)9-3)74-98-102(91,92)96-70-77(84)69-95-101(89,90)97-73-78(71-93-80(85)65-59-53-47-18-16-14-12-8-2)100-83(88)68-62-56-50-44-43-46-52-58-64-76(6)10-4/h75-79,84H,7-74H2,1-6H3,(H,89,90)(H,91,92)/t75?,76?,77-,78+,79+/m0/s1. The zero-order valence-electron chi connectivity index (χ0n) is 66.9. The minimum atomic E-state index is -4.96. The summed E-state index contributed by atoms with van der Waals surface area (Å²) in [6.45, 7) is 9.67. The molecular formula is C83H162O17P2. The van der Waals surface area contributed by atoms with Gasteiger partial charge in [0.2, 0.25) is 0 Å². The van der Waals surface area contributed by atoms with Gasteiger partial charge in [-0.1, -0.05) is 388 Å². The van der Waals surface area contributed by atoms with Crippen LogP contribution in [0.1, 0.15) is 440 Å². The SMILES string of the molecule is CCCCCCCCCCCCCCCCCCCCCCC(=O)OC[C@H](COP(=O)(O)OC[C@@H](O)COP(=O)(O)OC[C@@H](COC(=O)CCCCCCCCCC)OC(=O)CCCCCCCCCCC(C)CC)OC(=O)CCCCCCCCCCCCCCCCCCCCC(C)CC. The minimum absolute atomic E-state index is 0.105. The molecule has 0 amide bonds. The lowest BCUT2D eigenvalue weighted by atomic mass is 9.99. The van der Waals surface area contributed by atoms with Crippen LogP contribution in [0.25, 0.3) is 0 Å². The number of aliphatic hydroxyl groups excluding tert-OH is 1. The minimum Gasteiger partial charge on any atom is -0.462 e. The van der Waals surface area contributed by atoms with Crippen molar-refractivity contribution in [1.82, 2.24) is 0 Å². The van der Waals surface area contributed by atoms with Gasteiger partial charge in [-0.2, -0.15) is 0 Å². The third-order valence-corrected chi connectivity index (χ3v) is 22.1. The maximum absolute atomic E-state index is 13.1. The van der Waals surface area contributed by atoms with Crippen molar-refractivity contribution in [3.8, 4) is 0 Å². The van der Waals surface area contributed by atoms with Gasteiger partial charge in [0.1, 0.15) is 19.3 Å². The van der Waals surface area contributed by atoms with Gasteiger partial charge in [0, 0.05) is 25.7 Å². The third-order valence-electron chi connectivity index (χ3n) is 20.2. The highest BCUT2D eigenvalue weighted by molar-refractivity contribution is 7.47. The second-order valence-electron chi connectivity index (χ2n) is 30.4. The van der Waals surface area contributed by atoms with Crippen molar-refractivity contribution in [3.05, 3.63) is 0 Å². The molecule has 0 bridgehead atoms. The van der Waals surface area contributed by atoms with Crippen molar-refractivity contribution in [3.63, 3.8) is 0 Å². The van der Waals surface area contributed by atoms with E-state index in [1.165, 1.54) is 250 Å². The fourth-order valence-corrected chi connectivity index (χ4v) is 14.4. The van der Waals surface area contributed by atoms with Gasteiger partial charge < -0.3 is 33.8 Å². The molecule has 0 aliphatic carbocycles. The Morgan fingerprint density at radius 2 is 0.471 bits per heavy atom. The molecule has 0 rings (SSSR count). The van der Waals surface area contributed by atoms with E-state index in [1.807, 2.05) is 0 Å². The van der Waals surface area contributed by atoms with Gasteiger partial charge in [0.15, 0.2) is 12.2 Å². The Kier molecular flexibility index (Phi) is 73.1. The first kappa shape index (κ1) is 100. The predicted octanol–water partition coefficient (Wildman–Crippen LogP) is 25.1. The molecule has 0 spiro atoms. The molecule has 7 atom stereocenters. The topological polar surface area (TPSA) is 237 Å². The third kappa shape index (κ3) is 73.6. The average Bonchev–Trinajstić information content (AvgIpc) is 0.971. The van der Waals surface area contributed by atoms with E-state index in [1.54, 1.807) is 0 Å². The molecule has 0 saturated heterocycles. The Hall–Kier alpha value is -1.94. The summed E-state index contributed by atoms with van der Waals surface area (Å²) in [7, 11) is -9.92. The molecule has 0 aliphatic heterocycles. The summed E-state index contributed by atoms with van der Waals surface area (Å²) >= 11 is 0. The predicted molar refractivity (Wildman–Crippen MR) is 418 cm³/mol. The van der Waals surface area contributed by atoms with E-state index in [0.29, 0.717) is 25.7 Å². The van der Waals surface area contributed by atoms with Crippen LogP contribution in [0, 0.1) is 11.8 Å². The van der Waals surface area contributed by atoms with E-state index in [-0.39, 0.29) is 25.7 Å². The number of ether oxygens (including phenoxy) is 4. The van der Waals surface area contributed by atoms with Crippen LogP contribution in [0.3, 0.4) is 0 Å². The second-order valence-corrected chi connectivity index (χ2v) is 33.3. The molecule has 0 aromatic heterocycles. The van der Waals surface area contributed by atoms with Crippen LogP contribution >= 0.6 is 15.6 Å². The molecule has 606 valence electrons. The van der Waals surface area contributed by atoms with Crippen LogP contribution in [-0.4, -0.2) is 96.7 Å². The van der Waals surface area contributed by atoms with Gasteiger partial charge in [-0.25, -0.2) is 9.13 Å². The van der Waals surface area contributed by atoms with Gasteiger partial charge in [0.25, 0.3) is 0 Å². The normalized spacial score (nSPS) is 14.4. The number of hydrogen-bond donors (Lipinski definition) is 3. The number of hydrogen-bond acceptors (Lipinski definition) is 15. The van der Waals surface area contributed by atoms with E-state index in [0.717, 1.165) is 108 Å². The van der Waals surface area contributed by atoms with Crippen molar-refractivity contribution in [2.45, 2.75) is 458 Å². The molecule has 19 heteroatoms. The van der Waals surface area contributed by atoms with E-state index in [4.69, 9.17) is 37.0 Å². The quantitative estimate of drug-likeness (QED) is 0.0222. The lowest BCUT2D eigenvalue weighted by molar-refractivity contribution is -0.161. The van der Waals surface area contributed by atoms with E-state index >= 15 is 0 Å². The lowest BCUT2D eigenvalue weighted by Gasteiger charge is -2.21. The van der Waals surface area contributed by atoms with Crippen LogP contribution in [0.15, 0.2) is 0 Å². The monoisotopic (exact) mass is 1490 g/mol. The molecule has 0 fully saturated rings. The Balaban J connectivity index is 5.17. The molecule has 4 unspecified atom stereocenters. The number of phosphoric ester groups is 2. The maximum atomic E-state index is 13.1. The molecular weight excluding hydrogens is 1330 g/mol. The maximum Gasteiger partial charge on any atom is 0.472 e. The highest BCUT2D eigenvalue weighted by atomic mass is 31.2. The molecule has 0 aliphatic rings. The molecule has 17 nitrogen and oxygen atoms in total. The van der Waals surface area contributed by atoms with Gasteiger partial charge >= 0.3 is 39.5 Å². The first-order chi connectivity index (χ1) is 49.4. The first-order valence-electron chi connectivity index (χ1n) is 43.1. The smallest absolute Gasteiger partial charge is 0.462 e. The van der Waals surface area contributed by atoms with Gasteiger partial charge in [-0.15, -0.1) is 0 Å². The van der Waals surface area contributed by atoms with E-state index < -0.39 is 97.5 Å². The van der Waals surface area contributed by atoms with Crippen molar-refractivity contribution in [2.24, 2.45) is 11.8 Å². The molecule has 0 radical (unpaired) electrons. The van der Waals surface area contributed by atoms with Gasteiger partial charge in [-0.3, -0.25) is 37.3 Å². The first-order valence-corrected chi connectivity index (χ1v) is 46.1. The lowest BCUT2D eigenvalue weighted by Crippen LogP contribution is -2.30. The Bertz CT molecular complexity index is 1960. The number of phosphoric acid groups is 2. The van der Waals surface area contributed by atoms with Crippen molar-refractivity contribution >= 4 is 39.5 Å². The Morgan fingerprint density at radius 1 is 0.275 bits per heavy atom. The number of aliphatic hydroxyl groups is 1. The van der Waals surface area contributed by atoms with E-state index in [2.05, 4.69) is 41.5 Å². The molecule has 0 heterocycles. The van der Waals surface area contributed by atoms with Crippen LogP contribution in [-0.2, 0) is 65.4 Å². The Morgan fingerprint density at radius 3 is 0.696 bits per heavy atom. The summed E-state index contributed by atoms with van der Waals surface area (Å²) in [5.41, 5.74) is 0. The van der Waals surface area contributed by atoms with Crippen LogP contribution in [0.4, 0.5) is 0 Å².